The third-order valence-corrected chi connectivity index (χ3v) is 5.23. The van der Waals surface area contributed by atoms with Crippen LogP contribution < -0.4 is 24.8 Å². The Kier molecular flexibility index (Phi) is 8.03. The molecule has 174 valence electrons. The highest BCUT2D eigenvalue weighted by atomic mass is 16.5. The van der Waals surface area contributed by atoms with Crippen molar-refractivity contribution in [2.24, 2.45) is 11.8 Å². The second kappa shape index (κ2) is 10.1. The van der Waals surface area contributed by atoms with Crippen LogP contribution in [0.5, 0.6) is 17.2 Å². The third-order valence-electron chi connectivity index (χ3n) is 5.23. The maximum Gasteiger partial charge on any atom is 0.317 e. The molecule has 0 unspecified atom stereocenters. The molecule has 0 aliphatic carbocycles. The van der Waals surface area contributed by atoms with Crippen LogP contribution in [0.4, 0.5) is 4.79 Å². The Balaban J connectivity index is 2.40. The fraction of sp³-hybridized carbons (Fsp3) is 0.652. The molecule has 1 aliphatic rings. The zero-order valence-corrected chi connectivity index (χ0v) is 20.0. The zero-order chi connectivity index (χ0) is 23.3. The molecule has 31 heavy (non-hydrogen) atoms. The number of methoxy groups -OCH3 is 3. The largest absolute Gasteiger partial charge is 0.493 e. The Hall–Kier alpha value is -2.64. The van der Waals surface area contributed by atoms with E-state index in [2.05, 4.69) is 24.5 Å². The summed E-state index contributed by atoms with van der Waals surface area (Å²) in [6, 6.07) is 3.55. The molecule has 1 aromatic carbocycles. The van der Waals surface area contributed by atoms with Crippen molar-refractivity contribution < 1.29 is 23.8 Å². The van der Waals surface area contributed by atoms with E-state index in [9.17, 15) is 9.59 Å². The van der Waals surface area contributed by atoms with Crippen LogP contribution in [-0.4, -0.2) is 63.3 Å². The van der Waals surface area contributed by atoms with Gasteiger partial charge in [0.1, 0.15) is 0 Å². The quantitative estimate of drug-likeness (QED) is 0.687. The van der Waals surface area contributed by atoms with Crippen molar-refractivity contribution in [1.29, 1.82) is 0 Å². The van der Waals surface area contributed by atoms with E-state index in [0.29, 0.717) is 42.8 Å². The first-order valence-electron chi connectivity index (χ1n) is 10.6. The van der Waals surface area contributed by atoms with Gasteiger partial charge in [-0.15, -0.1) is 0 Å². The van der Waals surface area contributed by atoms with Gasteiger partial charge in [0, 0.05) is 31.1 Å². The predicted molar refractivity (Wildman–Crippen MR) is 120 cm³/mol. The molecule has 8 nitrogen and oxygen atoms in total. The normalized spacial score (nSPS) is 18.7. The highest BCUT2D eigenvalue weighted by molar-refractivity contribution is 5.83. The molecule has 0 bridgehead atoms. The molecule has 1 aromatic rings. The van der Waals surface area contributed by atoms with Gasteiger partial charge in [-0.3, -0.25) is 4.79 Å². The molecule has 3 amide bonds. The molecule has 1 saturated heterocycles. The lowest BCUT2D eigenvalue weighted by atomic mass is 9.87. The van der Waals surface area contributed by atoms with Gasteiger partial charge in [0.05, 0.1) is 27.2 Å². The number of nitrogens with one attached hydrogen (secondary N) is 2. The van der Waals surface area contributed by atoms with Gasteiger partial charge in [0.2, 0.25) is 11.7 Å². The maximum absolute atomic E-state index is 13.1. The second-order valence-electron chi connectivity index (χ2n) is 9.40. The van der Waals surface area contributed by atoms with Crippen molar-refractivity contribution in [2.45, 2.75) is 46.1 Å². The number of hydrogen-bond donors (Lipinski definition) is 2. The minimum atomic E-state index is -0.382. The SMILES string of the molecule is COc1cc([C@H]2CN(C(=O)NC(C)(C)C)C[C@H]2C(=O)NCC(C)C)cc(OC)c1OC. The van der Waals surface area contributed by atoms with Crippen molar-refractivity contribution in [1.82, 2.24) is 15.5 Å². The summed E-state index contributed by atoms with van der Waals surface area (Å²) in [6.45, 7) is 11.3. The van der Waals surface area contributed by atoms with E-state index >= 15 is 0 Å². The van der Waals surface area contributed by atoms with Crippen LogP contribution in [0.3, 0.4) is 0 Å². The molecule has 0 radical (unpaired) electrons. The molecule has 2 N–H and O–H groups in total. The molecule has 0 spiro atoms. The summed E-state index contributed by atoms with van der Waals surface area (Å²) in [6.07, 6.45) is 0. The first kappa shape index (κ1) is 24.6. The van der Waals surface area contributed by atoms with E-state index in [-0.39, 0.29) is 29.3 Å². The van der Waals surface area contributed by atoms with Crippen molar-refractivity contribution in [3.63, 3.8) is 0 Å². The van der Waals surface area contributed by atoms with Gasteiger partial charge in [0.25, 0.3) is 0 Å². The van der Waals surface area contributed by atoms with Crippen molar-refractivity contribution in [3.8, 4) is 17.2 Å². The summed E-state index contributed by atoms with van der Waals surface area (Å²) in [5.41, 5.74) is 0.502. The van der Waals surface area contributed by atoms with Crippen LogP contribution in [0.2, 0.25) is 0 Å². The first-order valence-corrected chi connectivity index (χ1v) is 10.6. The number of benzene rings is 1. The molecule has 1 fully saturated rings. The summed E-state index contributed by atoms with van der Waals surface area (Å²) in [4.78, 5) is 27.6. The predicted octanol–water partition coefficient (Wildman–Crippen LogP) is 3.01. The molecule has 0 saturated carbocycles. The number of likely N-dealkylation sites (tertiary alicyclic amines) is 1. The highest BCUT2D eigenvalue weighted by Gasteiger charge is 2.41. The lowest BCUT2D eigenvalue weighted by Crippen LogP contribution is -2.48. The number of carbonyl (C=O) groups excluding carboxylic acids is 2. The van der Waals surface area contributed by atoms with Crippen LogP contribution in [0.1, 0.15) is 46.1 Å². The number of urea groups is 1. The average Bonchev–Trinajstić information content (AvgIpc) is 3.15. The molecule has 8 heteroatoms. The Labute approximate surface area is 185 Å². The number of nitrogens with zero attached hydrogens (tertiary/aromatic N) is 1. The van der Waals surface area contributed by atoms with E-state index in [0.717, 1.165) is 5.56 Å². The molecular formula is C23H37N3O5. The van der Waals surface area contributed by atoms with E-state index < -0.39 is 0 Å². The molecule has 1 aliphatic heterocycles. The molecular weight excluding hydrogens is 398 g/mol. The third kappa shape index (κ3) is 6.18. The monoisotopic (exact) mass is 435 g/mol. The van der Waals surface area contributed by atoms with Gasteiger partial charge in [0.15, 0.2) is 11.5 Å². The number of carbonyl (C=O) groups is 2. The number of amides is 3. The summed E-state index contributed by atoms with van der Waals surface area (Å²) in [5.74, 6) is 1.24. The molecule has 2 atom stereocenters. The molecule has 1 heterocycles. The van der Waals surface area contributed by atoms with Gasteiger partial charge in [-0.25, -0.2) is 4.79 Å². The lowest BCUT2D eigenvalue weighted by molar-refractivity contribution is -0.125. The minimum Gasteiger partial charge on any atom is -0.493 e. The van der Waals surface area contributed by atoms with Crippen LogP contribution >= 0.6 is 0 Å². The summed E-state index contributed by atoms with van der Waals surface area (Å²) in [5, 5.41) is 6.02. The number of hydrogen-bond acceptors (Lipinski definition) is 5. The van der Waals surface area contributed by atoms with E-state index in [4.69, 9.17) is 14.2 Å². The fourth-order valence-corrected chi connectivity index (χ4v) is 3.72. The van der Waals surface area contributed by atoms with Crippen LogP contribution in [-0.2, 0) is 4.79 Å². The summed E-state index contributed by atoms with van der Waals surface area (Å²) in [7, 11) is 4.67. The van der Waals surface area contributed by atoms with Gasteiger partial charge in [-0.1, -0.05) is 13.8 Å². The van der Waals surface area contributed by atoms with Crippen LogP contribution in [0.25, 0.3) is 0 Å². The maximum atomic E-state index is 13.1. The van der Waals surface area contributed by atoms with Crippen molar-refractivity contribution in [3.05, 3.63) is 17.7 Å². The topological polar surface area (TPSA) is 89.1 Å². The average molecular weight is 436 g/mol. The fourth-order valence-electron chi connectivity index (χ4n) is 3.72. The van der Waals surface area contributed by atoms with Crippen LogP contribution in [0.15, 0.2) is 12.1 Å². The van der Waals surface area contributed by atoms with Crippen LogP contribution in [0, 0.1) is 11.8 Å². The Morgan fingerprint density at radius 3 is 2.10 bits per heavy atom. The van der Waals surface area contributed by atoms with Gasteiger partial charge in [-0.05, 0) is 44.4 Å². The van der Waals surface area contributed by atoms with Gasteiger partial charge >= 0.3 is 6.03 Å². The minimum absolute atomic E-state index is 0.0569. The zero-order valence-electron chi connectivity index (χ0n) is 20.0. The van der Waals surface area contributed by atoms with Gasteiger partial charge < -0.3 is 29.7 Å². The first-order chi connectivity index (χ1) is 14.5. The standard InChI is InChI=1S/C23H37N3O5/c1-14(2)11-24-21(27)17-13-26(22(28)25-23(3,4)5)12-16(17)15-9-18(29-6)20(31-8)19(10-15)30-7/h9-10,14,16-17H,11-13H2,1-8H3,(H,24,27)(H,25,28)/t16-,17-/m1/s1. The van der Waals surface area contributed by atoms with Gasteiger partial charge in [-0.2, -0.15) is 0 Å². The molecule has 2 rings (SSSR count). The second-order valence-corrected chi connectivity index (χ2v) is 9.40. The van der Waals surface area contributed by atoms with Crippen molar-refractivity contribution in [2.75, 3.05) is 41.0 Å². The summed E-state index contributed by atoms with van der Waals surface area (Å²) >= 11 is 0. The van der Waals surface area contributed by atoms with Crippen molar-refractivity contribution >= 4 is 11.9 Å². The summed E-state index contributed by atoms with van der Waals surface area (Å²) < 4.78 is 16.4. The van der Waals surface area contributed by atoms with E-state index in [1.165, 1.54) is 0 Å². The van der Waals surface area contributed by atoms with E-state index in [1.54, 1.807) is 26.2 Å². The smallest absolute Gasteiger partial charge is 0.317 e. The highest BCUT2D eigenvalue weighted by Crippen LogP contribution is 2.43. The Morgan fingerprint density at radius 1 is 1.06 bits per heavy atom. The van der Waals surface area contributed by atoms with E-state index in [1.807, 2.05) is 32.9 Å². The molecule has 0 aromatic heterocycles. The Bertz CT molecular complexity index is 763. The lowest BCUT2D eigenvalue weighted by Gasteiger charge is -2.25. The number of ether oxygens (including phenoxy) is 3. The Morgan fingerprint density at radius 2 is 1.65 bits per heavy atom. The number of rotatable bonds is 7.